The smallest absolute Gasteiger partial charge is 0.239 e. The molecule has 0 aromatic carbocycles. The fourth-order valence-electron chi connectivity index (χ4n) is 2.78. The number of likely N-dealkylation sites (N-methyl/N-ethyl adjacent to an activating group) is 1. The molecule has 1 saturated carbocycles. The Morgan fingerprint density at radius 2 is 2.14 bits per heavy atom. The monoisotopic (exact) mass is 354 g/mol. The number of hydrogen-bond acceptors (Lipinski definition) is 4. The van der Waals surface area contributed by atoms with Crippen LogP contribution in [0.1, 0.15) is 32.6 Å². The van der Waals surface area contributed by atoms with Crippen molar-refractivity contribution in [2.24, 2.45) is 5.73 Å². The Morgan fingerprint density at radius 1 is 1.43 bits per heavy atom. The number of hydrogen-bond donors (Lipinski definition) is 2. The van der Waals surface area contributed by atoms with Crippen molar-refractivity contribution in [1.29, 1.82) is 0 Å². The maximum atomic E-state index is 12.1. The molecule has 1 amide bonds. The normalized spacial score (nSPS) is 22.3. The van der Waals surface area contributed by atoms with E-state index in [0.717, 1.165) is 36.7 Å². The van der Waals surface area contributed by atoms with Gasteiger partial charge in [-0.1, -0.05) is 6.92 Å². The van der Waals surface area contributed by atoms with Crippen molar-refractivity contribution in [2.75, 3.05) is 18.4 Å². The summed E-state index contributed by atoms with van der Waals surface area (Å²) in [7, 11) is 0. The molecule has 116 valence electrons. The summed E-state index contributed by atoms with van der Waals surface area (Å²) < 4.78 is 0.897. The molecule has 1 aromatic rings. The average Bonchev–Trinajstić information content (AvgIpc) is 2.48. The van der Waals surface area contributed by atoms with Crippen LogP contribution in [0.3, 0.4) is 0 Å². The number of anilines is 1. The van der Waals surface area contributed by atoms with Crippen molar-refractivity contribution in [2.45, 2.75) is 44.7 Å². The van der Waals surface area contributed by atoms with Crippen LogP contribution in [0.5, 0.6) is 0 Å². The SMILES string of the molecule is CCN(CC(=O)Nc1ccc(Br)cn1)C1CCC(N)CC1. The van der Waals surface area contributed by atoms with Gasteiger partial charge in [-0.2, -0.15) is 0 Å². The quantitative estimate of drug-likeness (QED) is 0.851. The van der Waals surface area contributed by atoms with Gasteiger partial charge < -0.3 is 11.1 Å². The first-order chi connectivity index (χ1) is 10.1. The van der Waals surface area contributed by atoms with Crippen LogP contribution < -0.4 is 11.1 Å². The molecule has 1 aliphatic rings. The Hall–Kier alpha value is -0.980. The molecule has 0 saturated heterocycles. The van der Waals surface area contributed by atoms with E-state index in [1.807, 2.05) is 6.07 Å². The summed E-state index contributed by atoms with van der Waals surface area (Å²) in [6.45, 7) is 3.38. The molecular formula is C15H23BrN4O. The fourth-order valence-corrected chi connectivity index (χ4v) is 3.02. The van der Waals surface area contributed by atoms with Crippen molar-refractivity contribution < 1.29 is 4.79 Å². The lowest BCUT2D eigenvalue weighted by molar-refractivity contribution is -0.118. The second-order valence-corrected chi connectivity index (χ2v) is 6.46. The molecule has 1 fully saturated rings. The summed E-state index contributed by atoms with van der Waals surface area (Å²) in [6.07, 6.45) is 5.95. The Kier molecular flexibility index (Phi) is 6.14. The van der Waals surface area contributed by atoms with E-state index in [1.165, 1.54) is 0 Å². The van der Waals surface area contributed by atoms with Gasteiger partial charge in [0.2, 0.25) is 5.91 Å². The number of halogens is 1. The largest absolute Gasteiger partial charge is 0.328 e. The molecule has 1 aromatic heterocycles. The maximum Gasteiger partial charge on any atom is 0.239 e. The lowest BCUT2D eigenvalue weighted by Crippen LogP contribution is -2.44. The maximum absolute atomic E-state index is 12.1. The van der Waals surface area contributed by atoms with E-state index < -0.39 is 0 Å². The standard InChI is InChI=1S/C15H23BrN4O/c1-2-20(13-6-4-12(17)5-7-13)10-15(21)19-14-8-3-11(16)9-18-14/h3,8-9,12-13H,2,4-7,10,17H2,1H3,(H,18,19,21). The Bertz CT molecular complexity index is 457. The second-order valence-electron chi connectivity index (χ2n) is 5.54. The molecule has 21 heavy (non-hydrogen) atoms. The number of nitrogens with one attached hydrogen (secondary N) is 1. The summed E-state index contributed by atoms with van der Waals surface area (Å²) in [5.41, 5.74) is 5.94. The van der Waals surface area contributed by atoms with Crippen molar-refractivity contribution in [3.8, 4) is 0 Å². The van der Waals surface area contributed by atoms with E-state index in [0.29, 0.717) is 24.4 Å². The number of aromatic nitrogens is 1. The van der Waals surface area contributed by atoms with Gasteiger partial charge in [0.05, 0.1) is 6.54 Å². The van der Waals surface area contributed by atoms with Gasteiger partial charge in [-0.3, -0.25) is 9.69 Å². The van der Waals surface area contributed by atoms with Crippen LogP contribution in [0.25, 0.3) is 0 Å². The van der Waals surface area contributed by atoms with Crippen molar-refractivity contribution in [1.82, 2.24) is 9.88 Å². The zero-order chi connectivity index (χ0) is 15.2. The minimum Gasteiger partial charge on any atom is -0.328 e. The van der Waals surface area contributed by atoms with E-state index in [-0.39, 0.29) is 5.91 Å². The summed E-state index contributed by atoms with van der Waals surface area (Å²) in [4.78, 5) is 18.5. The highest BCUT2D eigenvalue weighted by molar-refractivity contribution is 9.10. The zero-order valence-corrected chi connectivity index (χ0v) is 14.0. The molecular weight excluding hydrogens is 332 g/mol. The fraction of sp³-hybridized carbons (Fsp3) is 0.600. The Morgan fingerprint density at radius 3 is 2.71 bits per heavy atom. The van der Waals surface area contributed by atoms with E-state index in [4.69, 9.17) is 5.73 Å². The highest BCUT2D eigenvalue weighted by Crippen LogP contribution is 2.22. The molecule has 0 unspecified atom stereocenters. The summed E-state index contributed by atoms with van der Waals surface area (Å²) in [5, 5.41) is 2.84. The topological polar surface area (TPSA) is 71.2 Å². The predicted octanol–water partition coefficient (Wildman–Crippen LogP) is 2.37. The molecule has 0 atom stereocenters. The van der Waals surface area contributed by atoms with E-state index >= 15 is 0 Å². The lowest BCUT2D eigenvalue weighted by atomic mass is 9.91. The van der Waals surface area contributed by atoms with Gasteiger partial charge in [0, 0.05) is 22.8 Å². The lowest BCUT2D eigenvalue weighted by Gasteiger charge is -2.34. The van der Waals surface area contributed by atoms with Gasteiger partial charge in [-0.25, -0.2) is 4.98 Å². The molecule has 3 N–H and O–H groups in total. The third kappa shape index (κ3) is 5.05. The molecule has 1 heterocycles. The first kappa shape index (κ1) is 16.4. The third-order valence-corrected chi connectivity index (χ3v) is 4.47. The van der Waals surface area contributed by atoms with Crippen molar-refractivity contribution >= 4 is 27.7 Å². The number of rotatable bonds is 5. The number of amides is 1. The molecule has 0 aliphatic heterocycles. The molecule has 5 nitrogen and oxygen atoms in total. The van der Waals surface area contributed by atoms with Crippen molar-refractivity contribution in [3.63, 3.8) is 0 Å². The van der Waals surface area contributed by atoms with Gasteiger partial charge >= 0.3 is 0 Å². The van der Waals surface area contributed by atoms with Crippen LogP contribution in [0, 0.1) is 0 Å². The van der Waals surface area contributed by atoms with Gasteiger partial charge in [-0.15, -0.1) is 0 Å². The summed E-state index contributed by atoms with van der Waals surface area (Å²) in [5.74, 6) is 0.575. The molecule has 0 radical (unpaired) electrons. The van der Waals surface area contributed by atoms with Crippen LogP contribution in [-0.4, -0.2) is 41.0 Å². The highest BCUT2D eigenvalue weighted by atomic mass is 79.9. The number of nitrogens with two attached hydrogens (primary N) is 1. The molecule has 2 rings (SSSR count). The minimum absolute atomic E-state index is 0.0125. The zero-order valence-electron chi connectivity index (χ0n) is 12.4. The Balaban J connectivity index is 1.86. The van der Waals surface area contributed by atoms with Crippen LogP contribution >= 0.6 is 15.9 Å². The molecule has 6 heteroatoms. The van der Waals surface area contributed by atoms with Crippen molar-refractivity contribution in [3.05, 3.63) is 22.8 Å². The summed E-state index contributed by atoms with van der Waals surface area (Å²) in [6, 6.07) is 4.46. The van der Waals surface area contributed by atoms with Crippen LogP contribution in [-0.2, 0) is 4.79 Å². The average molecular weight is 355 g/mol. The van der Waals surface area contributed by atoms with Gasteiger partial charge in [-0.05, 0) is 60.3 Å². The van der Waals surface area contributed by atoms with Gasteiger partial charge in [0.15, 0.2) is 0 Å². The number of nitrogens with zero attached hydrogens (tertiary/aromatic N) is 2. The number of pyridine rings is 1. The van der Waals surface area contributed by atoms with Gasteiger partial charge in [0.25, 0.3) is 0 Å². The first-order valence-corrected chi connectivity index (χ1v) is 8.28. The second kappa shape index (κ2) is 7.87. The highest BCUT2D eigenvalue weighted by Gasteiger charge is 2.24. The number of carbonyl (C=O) groups is 1. The summed E-state index contributed by atoms with van der Waals surface area (Å²) >= 11 is 3.33. The number of carbonyl (C=O) groups excluding carboxylic acids is 1. The van der Waals surface area contributed by atoms with E-state index in [1.54, 1.807) is 12.3 Å². The van der Waals surface area contributed by atoms with Gasteiger partial charge in [0.1, 0.15) is 5.82 Å². The third-order valence-electron chi connectivity index (χ3n) is 4.01. The van der Waals surface area contributed by atoms with Crippen LogP contribution in [0.4, 0.5) is 5.82 Å². The van der Waals surface area contributed by atoms with E-state index in [9.17, 15) is 4.79 Å². The minimum atomic E-state index is -0.0125. The first-order valence-electron chi connectivity index (χ1n) is 7.49. The van der Waals surface area contributed by atoms with Crippen LogP contribution in [0.2, 0.25) is 0 Å². The van der Waals surface area contributed by atoms with Crippen LogP contribution in [0.15, 0.2) is 22.8 Å². The molecule has 0 spiro atoms. The predicted molar refractivity (Wildman–Crippen MR) is 88.0 cm³/mol. The Labute approximate surface area is 134 Å². The molecule has 0 bridgehead atoms. The van der Waals surface area contributed by atoms with E-state index in [2.05, 4.69) is 38.1 Å². The molecule has 1 aliphatic carbocycles.